The summed E-state index contributed by atoms with van der Waals surface area (Å²) in [6.45, 7) is -0.0979. The van der Waals surface area contributed by atoms with Crippen LogP contribution in [0.2, 0.25) is 0 Å². The molecule has 154 valence electrons. The number of aryl methyl sites for hydroxylation is 1. The van der Waals surface area contributed by atoms with Gasteiger partial charge in [0.1, 0.15) is 11.9 Å². The summed E-state index contributed by atoms with van der Waals surface area (Å²) in [6, 6.07) is 21.2. The van der Waals surface area contributed by atoms with Crippen LogP contribution in [0.4, 0.5) is 0 Å². The van der Waals surface area contributed by atoms with Gasteiger partial charge in [-0.05, 0) is 58.9 Å². The van der Waals surface area contributed by atoms with Crippen LogP contribution in [0, 0.1) is 0 Å². The fraction of sp³-hybridized carbons (Fsp3) is 0.240. The molecule has 5 nitrogen and oxygen atoms in total. The number of ether oxygens (including phenoxy) is 1. The first-order valence-corrected chi connectivity index (χ1v) is 10.1. The van der Waals surface area contributed by atoms with E-state index in [2.05, 4.69) is 18.2 Å². The molecule has 0 bridgehead atoms. The standard InChI is InChI=1S/C25H25NO4/c26-22(15-27)19-6-3-5-17(12-19)18-9-8-16-10-11-24(21(16)13-18)30-23-7-2-1-4-20(23)14-25(28)29/h1-9,12-13,22,24,27H,10-11,14-15,26H2,(H,28,29). The van der Waals surface area contributed by atoms with Crippen molar-refractivity contribution in [1.82, 2.24) is 0 Å². The van der Waals surface area contributed by atoms with E-state index >= 15 is 0 Å². The van der Waals surface area contributed by atoms with Crippen LogP contribution in [0.1, 0.15) is 40.8 Å². The van der Waals surface area contributed by atoms with Gasteiger partial charge in [0.25, 0.3) is 0 Å². The highest BCUT2D eigenvalue weighted by Crippen LogP contribution is 2.38. The molecule has 2 unspecified atom stereocenters. The van der Waals surface area contributed by atoms with Crippen molar-refractivity contribution < 1.29 is 19.7 Å². The second kappa shape index (κ2) is 8.69. The first-order chi connectivity index (χ1) is 14.5. The number of para-hydroxylation sites is 1. The maximum Gasteiger partial charge on any atom is 0.307 e. The van der Waals surface area contributed by atoms with Gasteiger partial charge in [0.05, 0.1) is 19.1 Å². The van der Waals surface area contributed by atoms with Crippen molar-refractivity contribution >= 4 is 5.97 Å². The highest BCUT2D eigenvalue weighted by atomic mass is 16.5. The van der Waals surface area contributed by atoms with Crippen LogP contribution in [0.5, 0.6) is 5.75 Å². The molecular weight excluding hydrogens is 378 g/mol. The van der Waals surface area contributed by atoms with Gasteiger partial charge in [-0.25, -0.2) is 0 Å². The summed E-state index contributed by atoms with van der Waals surface area (Å²) >= 11 is 0. The van der Waals surface area contributed by atoms with Crippen molar-refractivity contribution in [2.75, 3.05) is 6.61 Å². The summed E-state index contributed by atoms with van der Waals surface area (Å²) in [7, 11) is 0. The molecule has 3 aromatic rings. The van der Waals surface area contributed by atoms with E-state index in [9.17, 15) is 15.0 Å². The van der Waals surface area contributed by atoms with Crippen LogP contribution < -0.4 is 10.5 Å². The van der Waals surface area contributed by atoms with Crippen molar-refractivity contribution in [3.63, 3.8) is 0 Å². The fourth-order valence-electron chi connectivity index (χ4n) is 4.00. The van der Waals surface area contributed by atoms with Crippen molar-refractivity contribution in [2.45, 2.75) is 31.4 Å². The zero-order chi connectivity index (χ0) is 21.1. The Morgan fingerprint density at radius 3 is 2.67 bits per heavy atom. The Bertz CT molecular complexity index is 1060. The van der Waals surface area contributed by atoms with Crippen LogP contribution in [0.25, 0.3) is 11.1 Å². The Kier molecular flexibility index (Phi) is 5.84. The zero-order valence-electron chi connectivity index (χ0n) is 16.6. The highest BCUT2D eigenvalue weighted by Gasteiger charge is 2.25. The van der Waals surface area contributed by atoms with E-state index in [-0.39, 0.29) is 19.1 Å². The molecule has 0 aromatic heterocycles. The highest BCUT2D eigenvalue weighted by molar-refractivity contribution is 5.71. The number of aliphatic hydroxyl groups excluding tert-OH is 1. The van der Waals surface area contributed by atoms with E-state index in [0.717, 1.165) is 35.1 Å². The van der Waals surface area contributed by atoms with Gasteiger partial charge in [-0.1, -0.05) is 48.5 Å². The molecule has 0 fully saturated rings. The fourth-order valence-corrected chi connectivity index (χ4v) is 4.00. The number of carboxylic acid groups (broad SMARTS) is 1. The summed E-state index contributed by atoms with van der Waals surface area (Å²) in [5.74, 6) is -0.250. The minimum Gasteiger partial charge on any atom is -0.485 e. The number of rotatable bonds is 7. The summed E-state index contributed by atoms with van der Waals surface area (Å²) in [6.07, 6.45) is 1.61. The molecule has 4 N–H and O–H groups in total. The summed E-state index contributed by atoms with van der Waals surface area (Å²) < 4.78 is 6.29. The minimum atomic E-state index is -0.874. The molecular formula is C25H25NO4. The van der Waals surface area contributed by atoms with Crippen LogP contribution >= 0.6 is 0 Å². The molecule has 4 rings (SSSR count). The SMILES string of the molecule is NC(CO)c1cccc(-c2ccc3c(c2)C(Oc2ccccc2CC(=O)O)CC3)c1. The number of carbonyl (C=O) groups is 1. The van der Waals surface area contributed by atoms with Crippen LogP contribution in [0.3, 0.4) is 0 Å². The number of fused-ring (bicyclic) bond motifs is 1. The lowest BCUT2D eigenvalue weighted by atomic mass is 9.97. The predicted octanol–water partition coefficient (Wildman–Crippen LogP) is 4.04. The summed E-state index contributed by atoms with van der Waals surface area (Å²) in [4.78, 5) is 11.2. The number of carboxylic acids is 1. The van der Waals surface area contributed by atoms with E-state index < -0.39 is 12.0 Å². The average molecular weight is 403 g/mol. The maximum atomic E-state index is 11.2. The number of benzene rings is 3. The molecule has 0 radical (unpaired) electrons. The van der Waals surface area contributed by atoms with Gasteiger partial charge in [0.15, 0.2) is 0 Å². The van der Waals surface area contributed by atoms with Crippen LogP contribution in [-0.2, 0) is 17.6 Å². The molecule has 3 aromatic carbocycles. The first-order valence-electron chi connectivity index (χ1n) is 10.1. The van der Waals surface area contributed by atoms with Gasteiger partial charge in [-0.15, -0.1) is 0 Å². The van der Waals surface area contributed by atoms with Crippen molar-refractivity contribution in [3.8, 4) is 16.9 Å². The first kappa shape index (κ1) is 20.1. The van der Waals surface area contributed by atoms with Gasteiger partial charge >= 0.3 is 5.97 Å². The largest absolute Gasteiger partial charge is 0.485 e. The molecule has 0 aliphatic heterocycles. The number of aliphatic hydroxyl groups is 1. The third-order valence-corrected chi connectivity index (χ3v) is 5.60. The summed E-state index contributed by atoms with van der Waals surface area (Å²) in [5.41, 5.74) is 12.0. The second-order valence-electron chi connectivity index (χ2n) is 7.65. The van der Waals surface area contributed by atoms with Gasteiger partial charge in [0.2, 0.25) is 0 Å². The van der Waals surface area contributed by atoms with Gasteiger partial charge in [0, 0.05) is 5.56 Å². The molecule has 0 heterocycles. The van der Waals surface area contributed by atoms with E-state index in [1.54, 1.807) is 6.07 Å². The molecule has 0 amide bonds. The molecule has 0 saturated carbocycles. The Morgan fingerprint density at radius 2 is 1.87 bits per heavy atom. The van der Waals surface area contributed by atoms with Crippen molar-refractivity contribution in [1.29, 1.82) is 0 Å². The van der Waals surface area contributed by atoms with E-state index in [1.807, 2.05) is 42.5 Å². The summed E-state index contributed by atoms with van der Waals surface area (Å²) in [5, 5.41) is 18.5. The zero-order valence-corrected chi connectivity index (χ0v) is 16.6. The predicted molar refractivity (Wildman–Crippen MR) is 115 cm³/mol. The third kappa shape index (κ3) is 4.22. The monoisotopic (exact) mass is 403 g/mol. The van der Waals surface area contributed by atoms with Gasteiger partial charge in [-0.2, -0.15) is 0 Å². The van der Waals surface area contributed by atoms with Crippen molar-refractivity contribution in [2.24, 2.45) is 5.73 Å². The van der Waals surface area contributed by atoms with E-state index in [4.69, 9.17) is 10.5 Å². The molecule has 2 atom stereocenters. The number of aliphatic carboxylic acids is 1. The average Bonchev–Trinajstić information content (AvgIpc) is 3.16. The van der Waals surface area contributed by atoms with Gasteiger partial charge in [-0.3, -0.25) is 4.79 Å². The Labute approximate surface area is 175 Å². The quantitative estimate of drug-likeness (QED) is 0.554. The Balaban J connectivity index is 1.62. The molecule has 0 spiro atoms. The van der Waals surface area contributed by atoms with Crippen molar-refractivity contribution in [3.05, 3.63) is 89.0 Å². The topological polar surface area (TPSA) is 92.8 Å². The molecule has 1 aliphatic carbocycles. The smallest absolute Gasteiger partial charge is 0.307 e. The number of nitrogens with two attached hydrogens (primary N) is 1. The molecule has 1 aliphatic rings. The lowest BCUT2D eigenvalue weighted by molar-refractivity contribution is -0.136. The lowest BCUT2D eigenvalue weighted by Crippen LogP contribution is -2.14. The Hall–Kier alpha value is -3.15. The van der Waals surface area contributed by atoms with E-state index in [0.29, 0.717) is 11.3 Å². The second-order valence-corrected chi connectivity index (χ2v) is 7.65. The number of hydrogen-bond acceptors (Lipinski definition) is 4. The van der Waals surface area contributed by atoms with E-state index in [1.165, 1.54) is 5.56 Å². The lowest BCUT2D eigenvalue weighted by Gasteiger charge is -2.18. The van der Waals surface area contributed by atoms with Crippen LogP contribution in [0.15, 0.2) is 66.7 Å². The normalized spacial score (nSPS) is 16.1. The number of hydrogen-bond donors (Lipinski definition) is 3. The molecule has 5 heteroatoms. The molecule has 30 heavy (non-hydrogen) atoms. The molecule has 0 saturated heterocycles. The van der Waals surface area contributed by atoms with Crippen LogP contribution in [-0.4, -0.2) is 22.8 Å². The minimum absolute atomic E-state index is 0.0618. The van der Waals surface area contributed by atoms with Gasteiger partial charge < -0.3 is 20.7 Å². The maximum absolute atomic E-state index is 11.2. The third-order valence-electron chi connectivity index (χ3n) is 5.60. The Morgan fingerprint density at radius 1 is 1.07 bits per heavy atom.